The molecule has 0 spiro atoms. The van der Waals surface area contributed by atoms with E-state index in [-0.39, 0.29) is 5.91 Å². The number of hydrogen-bond donors (Lipinski definition) is 2. The molecular weight excluding hydrogens is 316 g/mol. The van der Waals surface area contributed by atoms with Crippen molar-refractivity contribution in [3.63, 3.8) is 0 Å². The molecule has 2 aromatic rings. The number of hydrogen-bond acceptors (Lipinski definition) is 5. The second kappa shape index (κ2) is 6.86. The summed E-state index contributed by atoms with van der Waals surface area (Å²) in [6.45, 7) is 2.68. The number of furan rings is 1. The topological polar surface area (TPSA) is 80.0 Å². The van der Waals surface area contributed by atoms with Gasteiger partial charge in [0.1, 0.15) is 17.9 Å². The Kier molecular flexibility index (Phi) is 4.42. The molecule has 1 amide bonds. The van der Waals surface area contributed by atoms with Gasteiger partial charge in [0.2, 0.25) is 0 Å². The fraction of sp³-hybridized carbons (Fsp3) is 0.526. The van der Waals surface area contributed by atoms with E-state index < -0.39 is 0 Å². The maximum Gasteiger partial charge on any atom is 0.254 e. The van der Waals surface area contributed by atoms with Crippen molar-refractivity contribution in [2.24, 2.45) is 5.92 Å². The molecule has 2 N–H and O–H groups in total. The maximum absolute atomic E-state index is 11.9. The number of aryl methyl sites for hydroxylation is 2. The van der Waals surface area contributed by atoms with E-state index in [1.54, 1.807) is 6.07 Å². The van der Waals surface area contributed by atoms with Gasteiger partial charge in [-0.1, -0.05) is 0 Å². The number of fused-ring (bicyclic) bond motifs is 1. The van der Waals surface area contributed by atoms with Gasteiger partial charge < -0.3 is 15.1 Å². The maximum atomic E-state index is 11.9. The summed E-state index contributed by atoms with van der Waals surface area (Å²) in [5, 5.41) is 6.59. The normalized spacial score (nSPS) is 22.0. The van der Waals surface area contributed by atoms with Crippen LogP contribution in [0.25, 0.3) is 0 Å². The lowest BCUT2D eigenvalue weighted by molar-refractivity contribution is 0.0936. The van der Waals surface area contributed by atoms with Gasteiger partial charge in [-0.15, -0.1) is 0 Å². The molecule has 4 rings (SSSR count). The second-order valence-corrected chi connectivity index (χ2v) is 7.15. The number of aromatic nitrogens is 2. The number of nitrogens with zero attached hydrogens (tertiary/aromatic N) is 2. The van der Waals surface area contributed by atoms with E-state index >= 15 is 0 Å². The number of carbonyl (C=O) groups excluding carboxylic acids is 1. The Balaban J connectivity index is 1.29. The SMILES string of the molecule is Cc1nc2c(c(NC3CC(CNC(=O)c4ccoc4)C3)n1)CCCC2. The van der Waals surface area contributed by atoms with Crippen molar-refractivity contribution in [2.75, 3.05) is 11.9 Å². The standard InChI is InChI=1S/C19H24N4O2/c1-12-21-17-5-3-2-4-16(17)18(22-12)23-15-8-13(9-15)10-20-19(24)14-6-7-25-11-14/h6-7,11,13,15H,2-5,8-10H2,1H3,(H,20,24)(H,21,22,23). The fourth-order valence-corrected chi connectivity index (χ4v) is 3.78. The summed E-state index contributed by atoms with van der Waals surface area (Å²) < 4.78 is 4.94. The summed E-state index contributed by atoms with van der Waals surface area (Å²) in [6, 6.07) is 2.12. The Morgan fingerprint density at radius 2 is 2.12 bits per heavy atom. The molecule has 2 aromatic heterocycles. The molecule has 1 fully saturated rings. The van der Waals surface area contributed by atoms with Crippen molar-refractivity contribution >= 4 is 11.7 Å². The minimum absolute atomic E-state index is 0.0642. The molecule has 25 heavy (non-hydrogen) atoms. The highest BCUT2D eigenvalue weighted by Gasteiger charge is 2.30. The number of rotatable bonds is 5. The molecule has 0 bridgehead atoms. The van der Waals surface area contributed by atoms with Crippen LogP contribution in [0.5, 0.6) is 0 Å². The van der Waals surface area contributed by atoms with Gasteiger partial charge in [-0.3, -0.25) is 4.79 Å². The van der Waals surface area contributed by atoms with Crippen LogP contribution < -0.4 is 10.6 Å². The van der Waals surface area contributed by atoms with E-state index in [9.17, 15) is 4.79 Å². The zero-order valence-electron chi connectivity index (χ0n) is 14.5. The highest BCUT2D eigenvalue weighted by atomic mass is 16.3. The van der Waals surface area contributed by atoms with Crippen molar-refractivity contribution < 1.29 is 9.21 Å². The van der Waals surface area contributed by atoms with Crippen LogP contribution in [0, 0.1) is 12.8 Å². The van der Waals surface area contributed by atoms with Gasteiger partial charge in [-0.2, -0.15) is 0 Å². The third-order valence-corrected chi connectivity index (χ3v) is 5.21. The van der Waals surface area contributed by atoms with Crippen LogP contribution in [0.2, 0.25) is 0 Å². The molecule has 1 saturated carbocycles. The Hall–Kier alpha value is -2.37. The lowest BCUT2D eigenvalue weighted by atomic mass is 9.80. The molecule has 132 valence electrons. The Labute approximate surface area is 147 Å². The van der Waals surface area contributed by atoms with E-state index in [1.807, 2.05) is 6.92 Å². The van der Waals surface area contributed by atoms with Crippen molar-refractivity contribution in [1.82, 2.24) is 15.3 Å². The minimum atomic E-state index is -0.0642. The summed E-state index contributed by atoms with van der Waals surface area (Å²) in [7, 11) is 0. The predicted octanol–water partition coefficient (Wildman–Crippen LogP) is 2.88. The van der Waals surface area contributed by atoms with E-state index in [0.717, 1.165) is 37.3 Å². The third-order valence-electron chi connectivity index (χ3n) is 5.21. The third kappa shape index (κ3) is 3.52. The largest absolute Gasteiger partial charge is 0.472 e. The molecule has 2 aliphatic carbocycles. The summed E-state index contributed by atoms with van der Waals surface area (Å²) in [5.74, 6) is 2.34. The highest BCUT2D eigenvalue weighted by Crippen LogP contribution is 2.32. The fourth-order valence-electron chi connectivity index (χ4n) is 3.78. The van der Waals surface area contributed by atoms with Crippen molar-refractivity contribution in [3.8, 4) is 0 Å². The summed E-state index contributed by atoms with van der Waals surface area (Å²) in [6.07, 6.45) is 9.71. The van der Waals surface area contributed by atoms with Crippen LogP contribution in [-0.4, -0.2) is 28.5 Å². The van der Waals surface area contributed by atoms with Crippen LogP contribution in [-0.2, 0) is 12.8 Å². The van der Waals surface area contributed by atoms with Gasteiger partial charge in [-0.25, -0.2) is 9.97 Å². The summed E-state index contributed by atoms with van der Waals surface area (Å²) >= 11 is 0. The predicted molar refractivity (Wildman–Crippen MR) is 94.6 cm³/mol. The molecular formula is C19H24N4O2. The zero-order chi connectivity index (χ0) is 17.2. The molecule has 0 atom stereocenters. The molecule has 0 unspecified atom stereocenters. The minimum Gasteiger partial charge on any atom is -0.472 e. The quantitative estimate of drug-likeness (QED) is 0.875. The molecule has 0 aromatic carbocycles. The first kappa shape index (κ1) is 16.1. The molecule has 6 nitrogen and oxygen atoms in total. The zero-order valence-corrected chi connectivity index (χ0v) is 14.5. The number of carbonyl (C=O) groups is 1. The first-order valence-electron chi connectivity index (χ1n) is 9.12. The van der Waals surface area contributed by atoms with Gasteiger partial charge in [-0.05, 0) is 57.4 Å². The highest BCUT2D eigenvalue weighted by molar-refractivity contribution is 5.93. The second-order valence-electron chi connectivity index (χ2n) is 7.15. The summed E-state index contributed by atoms with van der Waals surface area (Å²) in [4.78, 5) is 21.2. The van der Waals surface area contributed by atoms with Crippen molar-refractivity contribution in [3.05, 3.63) is 41.2 Å². The lowest BCUT2D eigenvalue weighted by Crippen LogP contribution is -2.42. The Morgan fingerprint density at radius 1 is 1.28 bits per heavy atom. The molecule has 0 saturated heterocycles. The Bertz CT molecular complexity index is 751. The van der Waals surface area contributed by atoms with Gasteiger partial charge in [0, 0.05) is 23.8 Å². The number of nitrogens with one attached hydrogen (secondary N) is 2. The number of amides is 1. The Morgan fingerprint density at radius 3 is 2.92 bits per heavy atom. The molecule has 0 radical (unpaired) electrons. The van der Waals surface area contributed by atoms with E-state index in [1.165, 1.54) is 36.6 Å². The van der Waals surface area contributed by atoms with Crippen LogP contribution in [0.4, 0.5) is 5.82 Å². The smallest absolute Gasteiger partial charge is 0.254 e. The first-order valence-corrected chi connectivity index (χ1v) is 9.12. The lowest BCUT2D eigenvalue weighted by Gasteiger charge is -2.37. The monoisotopic (exact) mass is 340 g/mol. The van der Waals surface area contributed by atoms with Crippen LogP contribution in [0.1, 0.15) is 53.1 Å². The van der Waals surface area contributed by atoms with Crippen LogP contribution in [0.3, 0.4) is 0 Å². The van der Waals surface area contributed by atoms with Crippen molar-refractivity contribution in [2.45, 2.75) is 51.5 Å². The average molecular weight is 340 g/mol. The molecule has 6 heteroatoms. The van der Waals surface area contributed by atoms with Gasteiger partial charge in [0.05, 0.1) is 11.8 Å². The van der Waals surface area contributed by atoms with Crippen molar-refractivity contribution in [1.29, 1.82) is 0 Å². The van der Waals surface area contributed by atoms with E-state index in [0.29, 0.717) is 24.1 Å². The molecule has 0 aliphatic heterocycles. The summed E-state index contributed by atoms with van der Waals surface area (Å²) in [5.41, 5.74) is 3.12. The van der Waals surface area contributed by atoms with E-state index in [2.05, 4.69) is 20.6 Å². The van der Waals surface area contributed by atoms with E-state index in [4.69, 9.17) is 4.42 Å². The van der Waals surface area contributed by atoms with Crippen LogP contribution in [0.15, 0.2) is 23.0 Å². The van der Waals surface area contributed by atoms with Gasteiger partial charge >= 0.3 is 0 Å². The van der Waals surface area contributed by atoms with Gasteiger partial charge in [0.25, 0.3) is 5.91 Å². The molecule has 2 heterocycles. The van der Waals surface area contributed by atoms with Crippen LogP contribution >= 0.6 is 0 Å². The van der Waals surface area contributed by atoms with Gasteiger partial charge in [0.15, 0.2) is 0 Å². The average Bonchev–Trinajstić information content (AvgIpc) is 3.10. The first-order chi connectivity index (χ1) is 12.2. The number of anilines is 1. The molecule has 2 aliphatic rings.